The number of nitrogens with one attached hydrogen (secondary N) is 1. The lowest BCUT2D eigenvalue weighted by molar-refractivity contribution is -0.141. The Morgan fingerprint density at radius 2 is 2.32 bits per heavy atom. The zero-order valence-corrected chi connectivity index (χ0v) is 10.5. The number of esters is 1. The molecule has 0 aliphatic carbocycles. The maximum Gasteiger partial charge on any atom is 0.345 e. The van der Waals surface area contributed by atoms with E-state index in [1.54, 1.807) is 4.90 Å². The fourth-order valence-electron chi connectivity index (χ4n) is 2.25. The number of H-pyrrole nitrogens is 1. The number of nitrogen functional groups attached to an aromatic ring is 1. The molecule has 0 amide bonds. The number of nitrogens with zero attached hydrogens (tertiary/aromatic N) is 2. The third kappa shape index (κ3) is 2.47. The lowest BCUT2D eigenvalue weighted by Gasteiger charge is -2.31. The highest BCUT2D eigenvalue weighted by Crippen LogP contribution is 2.28. The number of aromatic nitrogens is 2. The normalized spacial score (nSPS) is 19.2. The van der Waals surface area contributed by atoms with Gasteiger partial charge in [-0.3, -0.25) is 9.89 Å². The van der Waals surface area contributed by atoms with E-state index in [2.05, 4.69) is 14.9 Å². The Morgan fingerprint density at radius 3 is 2.95 bits per heavy atom. The second-order valence-corrected chi connectivity index (χ2v) is 4.45. The minimum Gasteiger partial charge on any atom is -0.481 e. The maximum atomic E-state index is 11.7. The van der Waals surface area contributed by atoms with Crippen LogP contribution in [0.15, 0.2) is 0 Å². The van der Waals surface area contributed by atoms with Crippen LogP contribution < -0.4 is 10.6 Å². The van der Waals surface area contributed by atoms with Crippen molar-refractivity contribution in [2.24, 2.45) is 5.92 Å². The van der Waals surface area contributed by atoms with Crippen LogP contribution >= 0.6 is 0 Å². The van der Waals surface area contributed by atoms with Gasteiger partial charge in [-0.1, -0.05) is 0 Å². The third-order valence-electron chi connectivity index (χ3n) is 3.23. The van der Waals surface area contributed by atoms with Crippen molar-refractivity contribution in [1.29, 1.82) is 0 Å². The van der Waals surface area contributed by atoms with Crippen molar-refractivity contribution in [2.75, 3.05) is 30.8 Å². The number of carbonyl (C=O) groups is 2. The second-order valence-electron chi connectivity index (χ2n) is 4.45. The smallest absolute Gasteiger partial charge is 0.345 e. The first-order valence-electron chi connectivity index (χ1n) is 5.94. The molecule has 8 heteroatoms. The molecule has 0 bridgehead atoms. The van der Waals surface area contributed by atoms with Gasteiger partial charge < -0.3 is 20.5 Å². The predicted octanol–water partition coefficient (Wildman–Crippen LogP) is 0.0795. The average Bonchev–Trinajstić information content (AvgIpc) is 2.80. The molecule has 0 saturated carbocycles. The molecule has 1 unspecified atom stereocenters. The van der Waals surface area contributed by atoms with Crippen LogP contribution in [-0.2, 0) is 9.53 Å². The number of methoxy groups -OCH3 is 1. The molecule has 1 fully saturated rings. The van der Waals surface area contributed by atoms with Gasteiger partial charge in [0.1, 0.15) is 11.4 Å². The summed E-state index contributed by atoms with van der Waals surface area (Å²) in [6.07, 6.45) is 1.35. The topological polar surface area (TPSA) is 122 Å². The van der Waals surface area contributed by atoms with E-state index < -0.39 is 17.9 Å². The predicted molar refractivity (Wildman–Crippen MR) is 66.9 cm³/mol. The van der Waals surface area contributed by atoms with E-state index in [-0.39, 0.29) is 11.4 Å². The number of hydrogen-bond donors (Lipinski definition) is 3. The van der Waals surface area contributed by atoms with Gasteiger partial charge in [-0.05, 0) is 12.8 Å². The molecule has 8 nitrogen and oxygen atoms in total. The summed E-state index contributed by atoms with van der Waals surface area (Å²) in [4.78, 5) is 24.5. The lowest BCUT2D eigenvalue weighted by Crippen LogP contribution is -2.39. The Labute approximate surface area is 109 Å². The molecule has 1 aromatic rings. The fraction of sp³-hybridized carbons (Fsp3) is 0.545. The van der Waals surface area contributed by atoms with Gasteiger partial charge in [0.2, 0.25) is 0 Å². The summed E-state index contributed by atoms with van der Waals surface area (Å²) in [6.45, 7) is 0.946. The summed E-state index contributed by atoms with van der Waals surface area (Å²) in [6, 6.07) is 0. The van der Waals surface area contributed by atoms with Crippen molar-refractivity contribution in [1.82, 2.24) is 10.2 Å². The second kappa shape index (κ2) is 5.17. The summed E-state index contributed by atoms with van der Waals surface area (Å²) < 4.78 is 4.66. The number of aromatic amines is 1. The molecule has 0 aromatic carbocycles. The largest absolute Gasteiger partial charge is 0.481 e. The van der Waals surface area contributed by atoms with Crippen LogP contribution in [0.5, 0.6) is 0 Å². The molecular formula is C11H16N4O4. The molecule has 1 saturated heterocycles. The van der Waals surface area contributed by atoms with Gasteiger partial charge in [0.25, 0.3) is 0 Å². The van der Waals surface area contributed by atoms with Crippen molar-refractivity contribution in [2.45, 2.75) is 12.8 Å². The van der Waals surface area contributed by atoms with E-state index in [4.69, 9.17) is 10.8 Å². The molecule has 2 heterocycles. The first-order chi connectivity index (χ1) is 9.04. The quantitative estimate of drug-likeness (QED) is 0.663. The number of ether oxygens (including phenoxy) is 1. The molecule has 1 atom stereocenters. The minimum atomic E-state index is -0.840. The molecule has 19 heavy (non-hydrogen) atoms. The van der Waals surface area contributed by atoms with Crippen molar-refractivity contribution >= 4 is 23.6 Å². The number of rotatable bonds is 3. The maximum absolute atomic E-state index is 11.7. The van der Waals surface area contributed by atoms with Gasteiger partial charge in [0.05, 0.1) is 13.0 Å². The van der Waals surface area contributed by atoms with E-state index >= 15 is 0 Å². The van der Waals surface area contributed by atoms with Gasteiger partial charge in [0.15, 0.2) is 5.82 Å². The zero-order chi connectivity index (χ0) is 14.0. The Balaban J connectivity index is 2.26. The SMILES string of the molecule is COC(=O)c1c(N2CCCC(C(=O)O)C2)n[nH]c1N. The molecule has 0 spiro atoms. The van der Waals surface area contributed by atoms with Gasteiger partial charge in [-0.15, -0.1) is 0 Å². The number of carboxylic acid groups (broad SMARTS) is 1. The fourth-order valence-corrected chi connectivity index (χ4v) is 2.25. The standard InChI is InChI=1S/C11H16N4O4/c1-19-11(18)7-8(12)13-14-9(7)15-4-2-3-6(5-15)10(16)17/h6H,2-5H2,1H3,(H,16,17)(H3,12,13,14). The van der Waals surface area contributed by atoms with E-state index in [1.807, 2.05) is 0 Å². The van der Waals surface area contributed by atoms with E-state index in [1.165, 1.54) is 7.11 Å². The van der Waals surface area contributed by atoms with Gasteiger partial charge >= 0.3 is 11.9 Å². The third-order valence-corrected chi connectivity index (χ3v) is 3.23. The first kappa shape index (κ1) is 13.2. The number of hydrogen-bond acceptors (Lipinski definition) is 6. The Bertz CT molecular complexity index is 499. The summed E-state index contributed by atoms with van der Waals surface area (Å²) in [5, 5.41) is 15.6. The van der Waals surface area contributed by atoms with Crippen LogP contribution in [-0.4, -0.2) is 47.4 Å². The molecule has 2 rings (SSSR count). The number of carboxylic acids is 1. The van der Waals surface area contributed by atoms with Crippen LogP contribution in [0.2, 0.25) is 0 Å². The van der Waals surface area contributed by atoms with Gasteiger partial charge in [-0.2, -0.15) is 5.10 Å². The van der Waals surface area contributed by atoms with Crippen molar-refractivity contribution < 1.29 is 19.4 Å². The zero-order valence-electron chi connectivity index (χ0n) is 10.5. The minimum absolute atomic E-state index is 0.124. The molecule has 0 radical (unpaired) electrons. The Kier molecular flexibility index (Phi) is 3.59. The van der Waals surface area contributed by atoms with Gasteiger partial charge in [0, 0.05) is 13.1 Å². The molecule has 1 aromatic heterocycles. The highest BCUT2D eigenvalue weighted by Gasteiger charge is 2.30. The van der Waals surface area contributed by atoms with Gasteiger partial charge in [-0.25, -0.2) is 4.79 Å². The van der Waals surface area contributed by atoms with Crippen LogP contribution in [0.4, 0.5) is 11.6 Å². The average molecular weight is 268 g/mol. The number of aliphatic carboxylic acids is 1. The van der Waals surface area contributed by atoms with Crippen molar-refractivity contribution in [3.05, 3.63) is 5.56 Å². The monoisotopic (exact) mass is 268 g/mol. The molecule has 104 valence electrons. The van der Waals surface area contributed by atoms with Crippen LogP contribution in [0.1, 0.15) is 23.2 Å². The molecule has 1 aliphatic rings. The highest BCUT2D eigenvalue weighted by molar-refractivity contribution is 5.99. The van der Waals surface area contributed by atoms with Crippen molar-refractivity contribution in [3.63, 3.8) is 0 Å². The lowest BCUT2D eigenvalue weighted by atomic mass is 9.98. The van der Waals surface area contributed by atoms with Crippen LogP contribution in [0, 0.1) is 5.92 Å². The number of anilines is 2. The van der Waals surface area contributed by atoms with E-state index in [0.717, 1.165) is 6.42 Å². The molecular weight excluding hydrogens is 252 g/mol. The summed E-state index contributed by atoms with van der Waals surface area (Å²) in [7, 11) is 1.26. The first-order valence-corrected chi connectivity index (χ1v) is 5.94. The number of carbonyl (C=O) groups excluding carboxylic acids is 1. The Hall–Kier alpha value is -2.25. The van der Waals surface area contributed by atoms with E-state index in [0.29, 0.717) is 25.3 Å². The molecule has 4 N–H and O–H groups in total. The van der Waals surface area contributed by atoms with E-state index in [9.17, 15) is 9.59 Å². The summed E-state index contributed by atoms with van der Waals surface area (Å²) in [5.41, 5.74) is 5.82. The number of nitrogens with two attached hydrogens (primary N) is 1. The summed E-state index contributed by atoms with van der Waals surface area (Å²) >= 11 is 0. The van der Waals surface area contributed by atoms with Crippen LogP contribution in [0.25, 0.3) is 0 Å². The highest BCUT2D eigenvalue weighted by atomic mass is 16.5. The number of piperidine rings is 1. The van der Waals surface area contributed by atoms with Crippen molar-refractivity contribution in [3.8, 4) is 0 Å². The van der Waals surface area contributed by atoms with Crippen LogP contribution in [0.3, 0.4) is 0 Å². The summed E-state index contributed by atoms with van der Waals surface area (Å²) in [5.74, 6) is -1.40. The Morgan fingerprint density at radius 1 is 1.58 bits per heavy atom. The molecule has 1 aliphatic heterocycles.